The first-order chi connectivity index (χ1) is 6.77. The maximum atomic E-state index is 5.86. The first-order valence-electron chi connectivity index (χ1n) is 4.48. The smallest absolute Gasteiger partial charge is 0.0393 e. The predicted molar refractivity (Wildman–Crippen MR) is 64.3 cm³/mol. The predicted octanol–water partition coefficient (Wildman–Crippen LogP) is 1.69. The van der Waals surface area contributed by atoms with Crippen LogP contribution in [0.4, 0.5) is 11.4 Å². The summed E-state index contributed by atoms with van der Waals surface area (Å²) in [6.45, 7) is 0. The van der Waals surface area contributed by atoms with E-state index in [0.29, 0.717) is 0 Å². The Morgan fingerprint density at radius 2 is 1.33 bits per heavy atom. The Bertz CT molecular complexity index is 438. The van der Waals surface area contributed by atoms with Crippen LogP contribution < -0.4 is 11.5 Å². The first kappa shape index (κ1) is 11.1. The van der Waals surface area contributed by atoms with E-state index in [1.54, 1.807) is 0 Å². The molecule has 0 saturated heterocycles. The van der Waals surface area contributed by atoms with Gasteiger partial charge in [0.25, 0.3) is 0 Å². The van der Waals surface area contributed by atoms with E-state index in [1.807, 2.05) is 48.5 Å². The molecule has 0 aliphatic carbocycles. The van der Waals surface area contributed by atoms with Crippen molar-refractivity contribution in [3.63, 3.8) is 0 Å². The van der Waals surface area contributed by atoms with Crippen molar-refractivity contribution < 1.29 is 5.48 Å². The van der Waals surface area contributed by atoms with Crippen LogP contribution in [0.15, 0.2) is 48.5 Å². The van der Waals surface area contributed by atoms with Crippen molar-refractivity contribution in [2.75, 3.05) is 11.5 Å². The first-order valence-corrected chi connectivity index (χ1v) is 4.48. The molecule has 0 unspecified atom stereocenters. The van der Waals surface area contributed by atoms with Crippen LogP contribution in [0, 0.1) is 0 Å². The quantitative estimate of drug-likeness (QED) is 0.690. The molecule has 0 aliphatic rings. The Morgan fingerprint density at radius 3 is 1.93 bits per heavy atom. The van der Waals surface area contributed by atoms with E-state index in [2.05, 4.69) is 0 Å². The van der Waals surface area contributed by atoms with Crippen LogP contribution in [0.1, 0.15) is 0 Å². The average Bonchev–Trinajstić information content (AvgIpc) is 2.20. The van der Waals surface area contributed by atoms with Crippen molar-refractivity contribution in [2.45, 2.75) is 0 Å². The van der Waals surface area contributed by atoms with E-state index in [1.165, 1.54) is 0 Å². The van der Waals surface area contributed by atoms with E-state index in [9.17, 15) is 0 Å². The van der Waals surface area contributed by atoms with Gasteiger partial charge in [0.15, 0.2) is 0 Å². The van der Waals surface area contributed by atoms with E-state index in [0.717, 1.165) is 22.5 Å². The molecule has 0 aliphatic heterocycles. The zero-order valence-corrected chi connectivity index (χ0v) is 8.27. The number of nitrogens with two attached hydrogens (primary N) is 2. The second-order valence-electron chi connectivity index (χ2n) is 3.21. The molecule has 0 spiro atoms. The Hall–Kier alpha value is -2.00. The van der Waals surface area contributed by atoms with Crippen LogP contribution in [0.2, 0.25) is 0 Å². The number of rotatable bonds is 1. The molecule has 78 valence electrons. The fourth-order valence-corrected chi connectivity index (χ4v) is 1.42. The third kappa shape index (κ3) is 2.27. The molecular weight excluding hydrogens is 188 g/mol. The molecule has 15 heavy (non-hydrogen) atoms. The van der Waals surface area contributed by atoms with Crippen molar-refractivity contribution >= 4 is 11.4 Å². The molecule has 0 heterocycles. The fourth-order valence-electron chi connectivity index (χ4n) is 1.42. The van der Waals surface area contributed by atoms with Crippen LogP contribution >= 0.6 is 0 Å². The van der Waals surface area contributed by atoms with Crippen LogP contribution in [-0.2, 0) is 0 Å². The second kappa shape index (κ2) is 4.48. The lowest BCUT2D eigenvalue weighted by atomic mass is 10.0. The number of anilines is 2. The molecule has 2 aromatic carbocycles. The van der Waals surface area contributed by atoms with Crippen LogP contribution in [-0.4, -0.2) is 5.48 Å². The molecule has 0 atom stereocenters. The van der Waals surface area contributed by atoms with Gasteiger partial charge in [0.05, 0.1) is 0 Å². The Labute approximate surface area is 88.6 Å². The summed E-state index contributed by atoms with van der Waals surface area (Å²) in [6, 6.07) is 15.5. The van der Waals surface area contributed by atoms with Crippen molar-refractivity contribution in [1.82, 2.24) is 0 Å². The summed E-state index contributed by atoms with van der Waals surface area (Å²) >= 11 is 0. The van der Waals surface area contributed by atoms with Crippen molar-refractivity contribution in [2.24, 2.45) is 0 Å². The van der Waals surface area contributed by atoms with Gasteiger partial charge in [0.2, 0.25) is 0 Å². The minimum absolute atomic E-state index is 0. The van der Waals surface area contributed by atoms with Gasteiger partial charge in [-0.1, -0.05) is 30.3 Å². The van der Waals surface area contributed by atoms with Gasteiger partial charge in [-0.25, -0.2) is 0 Å². The van der Waals surface area contributed by atoms with Gasteiger partial charge in [-0.2, -0.15) is 0 Å². The molecule has 2 aromatic rings. The Balaban J connectivity index is 0.00000112. The minimum atomic E-state index is 0. The van der Waals surface area contributed by atoms with Gasteiger partial charge in [0.1, 0.15) is 0 Å². The van der Waals surface area contributed by atoms with E-state index >= 15 is 0 Å². The topological polar surface area (TPSA) is 83.5 Å². The fraction of sp³-hybridized carbons (Fsp3) is 0. The van der Waals surface area contributed by atoms with Crippen LogP contribution in [0.3, 0.4) is 0 Å². The molecule has 3 nitrogen and oxygen atoms in total. The molecular formula is C12H14N2O. The highest BCUT2D eigenvalue weighted by molar-refractivity contribution is 5.76. The van der Waals surface area contributed by atoms with E-state index in [4.69, 9.17) is 11.5 Å². The lowest BCUT2D eigenvalue weighted by Crippen LogP contribution is -1.89. The maximum Gasteiger partial charge on any atom is 0.0393 e. The molecule has 6 N–H and O–H groups in total. The number of benzene rings is 2. The highest BCUT2D eigenvalue weighted by Gasteiger charge is 1.99. The number of para-hydroxylation sites is 1. The van der Waals surface area contributed by atoms with Gasteiger partial charge in [-0.05, 0) is 23.8 Å². The summed E-state index contributed by atoms with van der Waals surface area (Å²) in [5.41, 5.74) is 15.2. The SMILES string of the molecule is Nc1ccc(-c2ccccc2N)cc1.O. The molecule has 0 fully saturated rings. The lowest BCUT2D eigenvalue weighted by Gasteiger charge is -2.05. The van der Waals surface area contributed by atoms with Gasteiger partial charge in [-0.3, -0.25) is 0 Å². The van der Waals surface area contributed by atoms with E-state index in [-0.39, 0.29) is 5.48 Å². The summed E-state index contributed by atoms with van der Waals surface area (Å²) in [6.07, 6.45) is 0. The van der Waals surface area contributed by atoms with Crippen molar-refractivity contribution in [1.29, 1.82) is 0 Å². The summed E-state index contributed by atoms with van der Waals surface area (Å²) in [5.74, 6) is 0. The van der Waals surface area contributed by atoms with Gasteiger partial charge in [-0.15, -0.1) is 0 Å². The average molecular weight is 202 g/mol. The molecule has 0 radical (unpaired) electrons. The normalized spacial score (nSPS) is 9.33. The largest absolute Gasteiger partial charge is 0.412 e. The third-order valence-electron chi connectivity index (χ3n) is 2.18. The van der Waals surface area contributed by atoms with Crippen molar-refractivity contribution in [3.05, 3.63) is 48.5 Å². The van der Waals surface area contributed by atoms with Crippen LogP contribution in [0.5, 0.6) is 0 Å². The molecule has 0 saturated carbocycles. The molecule has 3 heteroatoms. The number of hydrogen-bond donors (Lipinski definition) is 2. The molecule has 0 bridgehead atoms. The summed E-state index contributed by atoms with van der Waals surface area (Å²) in [4.78, 5) is 0. The maximum absolute atomic E-state index is 5.86. The zero-order chi connectivity index (χ0) is 9.97. The number of nitrogen functional groups attached to an aromatic ring is 2. The monoisotopic (exact) mass is 202 g/mol. The molecule has 0 aromatic heterocycles. The molecule has 0 amide bonds. The highest BCUT2D eigenvalue weighted by atomic mass is 16.0. The van der Waals surface area contributed by atoms with Crippen molar-refractivity contribution in [3.8, 4) is 11.1 Å². The van der Waals surface area contributed by atoms with Gasteiger partial charge < -0.3 is 16.9 Å². The summed E-state index contributed by atoms with van der Waals surface area (Å²) in [5, 5.41) is 0. The minimum Gasteiger partial charge on any atom is -0.412 e. The number of hydrogen-bond acceptors (Lipinski definition) is 2. The second-order valence-corrected chi connectivity index (χ2v) is 3.21. The Morgan fingerprint density at radius 1 is 0.733 bits per heavy atom. The summed E-state index contributed by atoms with van der Waals surface area (Å²) in [7, 11) is 0. The zero-order valence-electron chi connectivity index (χ0n) is 8.27. The Kier molecular flexibility index (Phi) is 3.31. The lowest BCUT2D eigenvalue weighted by molar-refractivity contribution is 0.824. The van der Waals surface area contributed by atoms with Crippen LogP contribution in [0.25, 0.3) is 11.1 Å². The van der Waals surface area contributed by atoms with Gasteiger partial charge >= 0.3 is 0 Å². The van der Waals surface area contributed by atoms with E-state index < -0.39 is 0 Å². The standard InChI is InChI=1S/C12H12N2.H2O/c13-10-7-5-9(6-8-10)11-3-1-2-4-12(11)14;/h1-8H,13-14H2;1H2. The third-order valence-corrected chi connectivity index (χ3v) is 2.18. The van der Waals surface area contributed by atoms with Gasteiger partial charge in [0, 0.05) is 16.9 Å². The highest BCUT2D eigenvalue weighted by Crippen LogP contribution is 2.25. The molecule has 2 rings (SSSR count). The summed E-state index contributed by atoms with van der Waals surface area (Å²) < 4.78 is 0.